The highest BCUT2D eigenvalue weighted by Gasteiger charge is 2.62. The van der Waals surface area contributed by atoms with E-state index in [0.29, 0.717) is 55.8 Å². The molecule has 6 atom stereocenters. The maximum absolute atomic E-state index is 13.7. The molecule has 328 valence electrons. The van der Waals surface area contributed by atoms with E-state index in [0.717, 1.165) is 27.9 Å². The number of amides is 3. The Hall–Kier alpha value is -5.58. The summed E-state index contributed by atoms with van der Waals surface area (Å²) >= 11 is 0. The van der Waals surface area contributed by atoms with E-state index in [2.05, 4.69) is 35.8 Å². The molecule has 4 aromatic rings. The Morgan fingerprint density at radius 2 is 1.29 bits per heavy atom. The quantitative estimate of drug-likeness (QED) is 0.0580. The zero-order chi connectivity index (χ0) is 44.6. The van der Waals surface area contributed by atoms with Crippen LogP contribution in [0.25, 0.3) is 0 Å². The molecule has 0 bridgehead atoms. The predicted octanol–water partition coefficient (Wildman–Crippen LogP) is 4.56. The van der Waals surface area contributed by atoms with E-state index in [1.54, 1.807) is 56.3 Å². The molecule has 1 saturated carbocycles. The Bertz CT molecular complexity index is 2320. The van der Waals surface area contributed by atoms with Crippen LogP contribution in [0, 0.1) is 12.3 Å². The van der Waals surface area contributed by atoms with Crippen LogP contribution in [0.4, 0.5) is 11.4 Å². The zero-order valence-corrected chi connectivity index (χ0v) is 36.8. The minimum absolute atomic E-state index is 0.0749. The number of aldehydes is 1. The maximum atomic E-state index is 13.7. The molecule has 0 spiro atoms. The van der Waals surface area contributed by atoms with Crippen molar-refractivity contribution >= 4 is 51.1 Å². The number of hydrogen-bond donors (Lipinski definition) is 6. The monoisotopic (exact) mass is 862 g/mol. The Morgan fingerprint density at radius 3 is 1.81 bits per heavy atom. The fourth-order valence-electron chi connectivity index (χ4n) is 7.98. The minimum Gasteiger partial charge on any atom is -0.351 e. The number of piperazine rings is 1. The summed E-state index contributed by atoms with van der Waals surface area (Å²) in [7, 11) is -3.96. The van der Waals surface area contributed by atoms with E-state index >= 15 is 0 Å². The van der Waals surface area contributed by atoms with Crippen LogP contribution >= 0.6 is 0 Å². The van der Waals surface area contributed by atoms with Crippen molar-refractivity contribution in [2.75, 3.05) is 36.8 Å². The first-order valence-electron chi connectivity index (χ1n) is 21.0. The zero-order valence-electron chi connectivity index (χ0n) is 36.0. The van der Waals surface area contributed by atoms with Crippen LogP contribution in [0.3, 0.4) is 0 Å². The summed E-state index contributed by atoms with van der Waals surface area (Å²) in [4.78, 5) is 56.7. The third-order valence-electron chi connectivity index (χ3n) is 12.0. The number of anilines is 2. The summed E-state index contributed by atoms with van der Waals surface area (Å²) < 4.78 is 30.3. The molecule has 15 heteroatoms. The second kappa shape index (κ2) is 20.1. The van der Waals surface area contributed by atoms with Crippen LogP contribution in [0.1, 0.15) is 67.9 Å². The summed E-state index contributed by atoms with van der Waals surface area (Å²) in [6.07, 6.45) is 0.954. The normalized spacial score (nSPS) is 19.9. The van der Waals surface area contributed by atoms with E-state index in [9.17, 15) is 27.6 Å². The highest BCUT2D eigenvalue weighted by Crippen LogP contribution is 2.54. The molecule has 2 aliphatic rings. The van der Waals surface area contributed by atoms with E-state index in [1.165, 1.54) is 0 Å². The number of nitrogens with one attached hydrogen (secondary N) is 6. The molecule has 6 rings (SSSR count). The van der Waals surface area contributed by atoms with Crippen molar-refractivity contribution in [3.05, 3.63) is 131 Å². The second-order valence-electron chi connectivity index (χ2n) is 16.6. The average molecular weight is 863 g/mol. The Labute approximate surface area is 364 Å². The van der Waals surface area contributed by atoms with E-state index < -0.39 is 39.6 Å². The minimum atomic E-state index is -3.96. The summed E-state index contributed by atoms with van der Waals surface area (Å²) in [6, 6.07) is 28.3. The molecule has 6 N–H and O–H groups in total. The summed E-state index contributed by atoms with van der Waals surface area (Å²) in [5.74, 6) is -1.32. The highest BCUT2D eigenvalue weighted by molar-refractivity contribution is 7.88. The first-order valence-corrected chi connectivity index (χ1v) is 22.7. The van der Waals surface area contributed by atoms with Crippen LogP contribution in [-0.4, -0.2) is 104 Å². The summed E-state index contributed by atoms with van der Waals surface area (Å²) in [5.41, 5.74) is 4.61. The first-order chi connectivity index (χ1) is 29.6. The molecule has 5 unspecified atom stereocenters. The van der Waals surface area contributed by atoms with Crippen LogP contribution in [0.15, 0.2) is 103 Å². The molecule has 1 aliphatic heterocycles. The molecule has 62 heavy (non-hydrogen) atoms. The molecular weight excluding hydrogens is 805 g/mol. The fourth-order valence-corrected chi connectivity index (χ4v) is 9.61. The number of rotatable bonds is 19. The van der Waals surface area contributed by atoms with E-state index in [-0.39, 0.29) is 36.1 Å². The van der Waals surface area contributed by atoms with Gasteiger partial charge in [0.05, 0.1) is 35.5 Å². The Balaban J connectivity index is 1.07. The largest absolute Gasteiger partial charge is 0.351 e. The van der Waals surface area contributed by atoms with Crippen LogP contribution in [0.5, 0.6) is 0 Å². The standard InChI is InChI=1S/C47H58N8O6S/c1-31-11-19-40(20-12-31)51-45(58)34(4)54-23-25-55(26-24-54)35(5)46(59)52-41-21-17-39(18-22-41)42-27-47(42,53-62(60,61)30-37-9-7-6-8-10-37)43(29-56)50-33(3)44(57)49-28-36-13-15-38(16-14-36)32(2)48/h6-22,29,33-35,42-43,48,50,53H,23-28,30H2,1-5H3,(H,49,57)(H,51,58)(H,52,59)/t33-,34?,35?,42?,43?,47?/m0/s1. The predicted molar refractivity (Wildman–Crippen MR) is 242 cm³/mol. The number of carbonyl (C=O) groups excluding carboxylic acids is 4. The van der Waals surface area contributed by atoms with Gasteiger partial charge < -0.3 is 26.2 Å². The smallest absolute Gasteiger partial charge is 0.241 e. The van der Waals surface area contributed by atoms with Crippen molar-refractivity contribution in [2.24, 2.45) is 0 Å². The molecule has 1 aliphatic carbocycles. The van der Waals surface area contributed by atoms with E-state index in [1.807, 2.05) is 81.4 Å². The number of benzene rings is 4. The molecule has 3 amide bonds. The molecule has 1 heterocycles. The lowest BCUT2D eigenvalue weighted by molar-refractivity contribution is -0.124. The van der Waals surface area contributed by atoms with Gasteiger partial charge in [0, 0.05) is 55.7 Å². The lowest BCUT2D eigenvalue weighted by Gasteiger charge is -2.39. The van der Waals surface area contributed by atoms with Gasteiger partial charge in [-0.3, -0.25) is 29.5 Å². The van der Waals surface area contributed by atoms with Gasteiger partial charge in [-0.1, -0.05) is 84.4 Å². The number of hydrogen-bond acceptors (Lipinski definition) is 10. The van der Waals surface area contributed by atoms with Crippen molar-refractivity contribution in [1.29, 1.82) is 5.41 Å². The molecule has 0 aromatic heterocycles. The summed E-state index contributed by atoms with van der Waals surface area (Å²) in [6.45, 7) is 11.8. The van der Waals surface area contributed by atoms with Gasteiger partial charge in [0.15, 0.2) is 0 Å². The van der Waals surface area contributed by atoms with E-state index in [4.69, 9.17) is 5.41 Å². The number of nitrogens with zero attached hydrogens (tertiary/aromatic N) is 2. The van der Waals surface area contributed by atoms with Gasteiger partial charge in [0.25, 0.3) is 0 Å². The fraction of sp³-hybridized carbons (Fsp3) is 0.383. The van der Waals surface area contributed by atoms with Gasteiger partial charge in [-0.05, 0) is 87.6 Å². The Morgan fingerprint density at radius 1 is 0.758 bits per heavy atom. The van der Waals surface area contributed by atoms with Crippen LogP contribution in [-0.2, 0) is 41.5 Å². The van der Waals surface area contributed by atoms with Crippen molar-refractivity contribution < 1.29 is 27.6 Å². The number of aryl methyl sites for hydroxylation is 1. The third-order valence-corrected chi connectivity index (χ3v) is 13.4. The van der Waals surface area contributed by atoms with Gasteiger partial charge >= 0.3 is 0 Å². The molecular formula is C47H58N8O6S. The molecule has 0 radical (unpaired) electrons. The van der Waals surface area contributed by atoms with Crippen LogP contribution in [0.2, 0.25) is 0 Å². The highest BCUT2D eigenvalue weighted by atomic mass is 32.2. The van der Waals surface area contributed by atoms with Crippen molar-refractivity contribution in [2.45, 2.75) is 89.0 Å². The maximum Gasteiger partial charge on any atom is 0.241 e. The Kier molecular flexibility index (Phi) is 14.9. The second-order valence-corrected chi connectivity index (χ2v) is 18.3. The van der Waals surface area contributed by atoms with Gasteiger partial charge in [0.1, 0.15) is 6.29 Å². The van der Waals surface area contributed by atoms with Crippen molar-refractivity contribution in [1.82, 2.24) is 25.2 Å². The molecule has 14 nitrogen and oxygen atoms in total. The van der Waals surface area contributed by atoms with Crippen molar-refractivity contribution in [3.63, 3.8) is 0 Å². The van der Waals surface area contributed by atoms with Crippen molar-refractivity contribution in [3.8, 4) is 0 Å². The van der Waals surface area contributed by atoms with Gasteiger partial charge in [0.2, 0.25) is 27.7 Å². The lowest BCUT2D eigenvalue weighted by Crippen LogP contribution is -2.58. The number of carbonyl (C=O) groups is 4. The van der Waals surface area contributed by atoms with Gasteiger partial charge in [-0.25, -0.2) is 13.1 Å². The topological polar surface area (TPSA) is 193 Å². The summed E-state index contributed by atoms with van der Waals surface area (Å²) in [5, 5.41) is 19.8. The molecule has 2 fully saturated rings. The molecule has 4 aromatic carbocycles. The van der Waals surface area contributed by atoms with Gasteiger partial charge in [-0.2, -0.15) is 0 Å². The lowest BCUT2D eigenvalue weighted by atomic mass is 9.99. The average Bonchev–Trinajstić information content (AvgIpc) is 3.98. The SMILES string of the molecule is CC(=N)c1ccc(CNC(=O)[C@H](C)NC(C=O)C2(NS(=O)(=O)Cc3ccccc3)CC2c2ccc(NC(=O)C(C)N3CCN(C(C)C(=O)Nc4ccc(C)cc4)CC3)cc2)cc1. The first kappa shape index (κ1) is 45.9. The number of sulfonamides is 1. The van der Waals surface area contributed by atoms with Gasteiger partial charge in [-0.15, -0.1) is 0 Å². The third kappa shape index (κ3) is 11.7. The van der Waals surface area contributed by atoms with Crippen LogP contribution < -0.4 is 26.0 Å². The molecule has 1 saturated heterocycles.